The normalized spacial score (nSPS) is 9.25. The SMILES string of the molecule is C=O.CC(=O)CCCc1cc([N+](=O)[O-])cc([N+](=O)[O-])c1. The molecular weight excluding hydrogens is 268 g/mol. The van der Waals surface area contributed by atoms with Gasteiger partial charge in [-0.05, 0) is 25.3 Å². The van der Waals surface area contributed by atoms with Crippen LogP contribution >= 0.6 is 0 Å². The molecule has 0 bridgehead atoms. The summed E-state index contributed by atoms with van der Waals surface area (Å²) in [7, 11) is 0. The summed E-state index contributed by atoms with van der Waals surface area (Å²) in [6, 6.07) is 3.52. The van der Waals surface area contributed by atoms with Crippen molar-refractivity contribution in [3.05, 3.63) is 44.0 Å². The van der Waals surface area contributed by atoms with Crippen LogP contribution in [0.4, 0.5) is 11.4 Å². The number of ketones is 1. The van der Waals surface area contributed by atoms with Gasteiger partial charge < -0.3 is 9.59 Å². The zero-order valence-corrected chi connectivity index (χ0v) is 10.9. The van der Waals surface area contributed by atoms with Gasteiger partial charge in [-0.3, -0.25) is 20.2 Å². The van der Waals surface area contributed by atoms with E-state index in [0.717, 1.165) is 6.07 Å². The number of hydrogen-bond acceptors (Lipinski definition) is 6. The summed E-state index contributed by atoms with van der Waals surface area (Å²) in [5, 5.41) is 21.3. The van der Waals surface area contributed by atoms with Crippen LogP contribution in [0.1, 0.15) is 25.3 Å². The van der Waals surface area contributed by atoms with Gasteiger partial charge >= 0.3 is 0 Å². The lowest BCUT2D eigenvalue weighted by molar-refractivity contribution is -0.394. The molecular formula is C12H14N2O6. The number of nitro groups is 2. The first-order valence-electron chi connectivity index (χ1n) is 5.61. The molecule has 1 rings (SSSR count). The lowest BCUT2D eigenvalue weighted by Gasteiger charge is -2.01. The third kappa shape index (κ3) is 5.80. The number of hydrogen-bond donors (Lipinski definition) is 0. The van der Waals surface area contributed by atoms with Crippen LogP contribution in [0.5, 0.6) is 0 Å². The van der Waals surface area contributed by atoms with E-state index in [1.165, 1.54) is 19.1 Å². The van der Waals surface area contributed by atoms with Crippen molar-refractivity contribution in [1.82, 2.24) is 0 Å². The first-order chi connectivity index (χ1) is 9.40. The highest BCUT2D eigenvalue weighted by molar-refractivity contribution is 5.75. The van der Waals surface area contributed by atoms with Crippen molar-refractivity contribution in [2.24, 2.45) is 0 Å². The number of rotatable bonds is 6. The summed E-state index contributed by atoms with van der Waals surface area (Å²) in [4.78, 5) is 38.7. The van der Waals surface area contributed by atoms with Crippen LogP contribution in [0.15, 0.2) is 18.2 Å². The van der Waals surface area contributed by atoms with E-state index < -0.39 is 9.85 Å². The minimum Gasteiger partial charge on any atom is -0.307 e. The largest absolute Gasteiger partial charge is 0.307 e. The zero-order chi connectivity index (χ0) is 15.7. The van der Waals surface area contributed by atoms with Crippen molar-refractivity contribution in [2.75, 3.05) is 0 Å². The highest BCUT2D eigenvalue weighted by atomic mass is 16.6. The minimum atomic E-state index is -0.665. The van der Waals surface area contributed by atoms with E-state index in [4.69, 9.17) is 4.79 Å². The van der Waals surface area contributed by atoms with Crippen LogP contribution in [0, 0.1) is 20.2 Å². The number of non-ortho nitro benzene ring substituents is 2. The van der Waals surface area contributed by atoms with Gasteiger partial charge in [-0.2, -0.15) is 0 Å². The summed E-state index contributed by atoms with van der Waals surface area (Å²) in [6.45, 7) is 3.45. The topological polar surface area (TPSA) is 120 Å². The van der Waals surface area contributed by atoms with Gasteiger partial charge in [0.1, 0.15) is 12.6 Å². The number of nitrogens with zero attached hydrogens (tertiary/aromatic N) is 2. The molecule has 1 aromatic carbocycles. The molecule has 0 amide bonds. The van der Waals surface area contributed by atoms with E-state index in [2.05, 4.69) is 0 Å². The molecule has 0 fully saturated rings. The fourth-order valence-electron chi connectivity index (χ4n) is 1.55. The minimum absolute atomic E-state index is 0.0231. The van der Waals surface area contributed by atoms with Crippen LogP contribution in [-0.4, -0.2) is 22.4 Å². The number of aryl methyl sites for hydroxylation is 1. The molecule has 8 heteroatoms. The second-order valence-electron chi connectivity index (χ2n) is 3.93. The van der Waals surface area contributed by atoms with Gasteiger partial charge in [0.25, 0.3) is 11.4 Å². The summed E-state index contributed by atoms with van der Waals surface area (Å²) < 4.78 is 0. The van der Waals surface area contributed by atoms with Crippen molar-refractivity contribution in [3.8, 4) is 0 Å². The van der Waals surface area contributed by atoms with Crippen LogP contribution in [0.3, 0.4) is 0 Å². The van der Waals surface area contributed by atoms with E-state index >= 15 is 0 Å². The second-order valence-corrected chi connectivity index (χ2v) is 3.93. The van der Waals surface area contributed by atoms with E-state index in [9.17, 15) is 25.0 Å². The predicted octanol–water partition coefficient (Wildman–Crippen LogP) is 2.23. The monoisotopic (exact) mass is 282 g/mol. The molecule has 0 aliphatic heterocycles. The van der Waals surface area contributed by atoms with Gasteiger partial charge in [0.05, 0.1) is 15.9 Å². The van der Waals surface area contributed by atoms with E-state index in [0.29, 0.717) is 24.8 Å². The number of carbonyl (C=O) groups excluding carboxylic acids is 2. The number of benzene rings is 1. The first kappa shape index (κ1) is 17.4. The molecule has 0 aromatic heterocycles. The molecule has 20 heavy (non-hydrogen) atoms. The Bertz CT molecular complexity index is 482. The highest BCUT2D eigenvalue weighted by Crippen LogP contribution is 2.23. The van der Waals surface area contributed by atoms with Gasteiger partial charge in [-0.1, -0.05) is 0 Å². The Labute approximate surface area is 114 Å². The Hall–Kier alpha value is -2.64. The van der Waals surface area contributed by atoms with Gasteiger partial charge in [0.15, 0.2) is 0 Å². The van der Waals surface area contributed by atoms with Crippen molar-refractivity contribution in [1.29, 1.82) is 0 Å². The Morgan fingerprint density at radius 3 is 1.90 bits per heavy atom. The molecule has 0 atom stereocenters. The fraction of sp³-hybridized carbons (Fsp3) is 0.333. The maximum atomic E-state index is 10.8. The summed E-state index contributed by atoms with van der Waals surface area (Å²) in [5.41, 5.74) is -0.110. The van der Waals surface area contributed by atoms with E-state index in [1.807, 2.05) is 6.79 Å². The molecule has 0 saturated carbocycles. The Kier molecular flexibility index (Phi) is 7.34. The van der Waals surface area contributed by atoms with Crippen LogP contribution < -0.4 is 0 Å². The van der Waals surface area contributed by atoms with Crippen LogP contribution in [0.25, 0.3) is 0 Å². The molecule has 108 valence electrons. The van der Waals surface area contributed by atoms with Gasteiger partial charge in [0, 0.05) is 18.6 Å². The Morgan fingerprint density at radius 1 is 1.10 bits per heavy atom. The summed E-state index contributed by atoms with van der Waals surface area (Å²) >= 11 is 0. The highest BCUT2D eigenvalue weighted by Gasteiger charge is 2.16. The van der Waals surface area contributed by atoms with Crippen molar-refractivity contribution < 1.29 is 19.4 Å². The van der Waals surface area contributed by atoms with E-state index in [-0.39, 0.29) is 17.2 Å². The maximum absolute atomic E-state index is 10.8. The molecule has 0 N–H and O–H groups in total. The number of carbonyl (C=O) groups is 2. The molecule has 0 spiro atoms. The standard InChI is InChI=1S/C11H12N2O5.CH2O/c1-8(14)3-2-4-9-5-10(12(15)16)7-11(6-9)13(17)18;1-2/h5-7H,2-4H2,1H3;1H2. The molecule has 8 nitrogen and oxygen atoms in total. The smallest absolute Gasteiger partial charge is 0.276 e. The van der Waals surface area contributed by atoms with E-state index in [1.54, 1.807) is 0 Å². The average molecular weight is 282 g/mol. The molecule has 0 heterocycles. The lowest BCUT2D eigenvalue weighted by atomic mass is 10.1. The molecule has 0 aliphatic rings. The van der Waals surface area contributed by atoms with Crippen molar-refractivity contribution in [3.63, 3.8) is 0 Å². The van der Waals surface area contributed by atoms with Gasteiger partial charge in [-0.25, -0.2) is 0 Å². The van der Waals surface area contributed by atoms with Gasteiger partial charge in [-0.15, -0.1) is 0 Å². The maximum Gasteiger partial charge on any atom is 0.276 e. The zero-order valence-electron chi connectivity index (χ0n) is 10.9. The third-order valence-electron chi connectivity index (χ3n) is 2.38. The summed E-state index contributed by atoms with van der Waals surface area (Å²) in [6.07, 6.45) is 1.28. The third-order valence-corrected chi connectivity index (χ3v) is 2.38. The molecule has 1 aromatic rings. The molecule has 0 aliphatic carbocycles. The average Bonchev–Trinajstić information content (AvgIpc) is 2.40. The number of Topliss-reactive ketones (excluding diaryl/α,β-unsaturated/α-hetero) is 1. The molecule has 0 saturated heterocycles. The fourth-order valence-corrected chi connectivity index (χ4v) is 1.55. The van der Waals surface area contributed by atoms with Crippen molar-refractivity contribution >= 4 is 23.9 Å². The number of nitro benzene ring substituents is 2. The lowest BCUT2D eigenvalue weighted by Crippen LogP contribution is -1.97. The van der Waals surface area contributed by atoms with Crippen LogP contribution in [-0.2, 0) is 16.0 Å². The second kappa shape index (κ2) is 8.46. The quantitative estimate of drug-likeness (QED) is 0.582. The van der Waals surface area contributed by atoms with Gasteiger partial charge in [0.2, 0.25) is 0 Å². The molecule has 0 radical (unpaired) electrons. The van der Waals surface area contributed by atoms with Crippen LogP contribution in [0.2, 0.25) is 0 Å². The molecule has 0 unspecified atom stereocenters. The summed E-state index contributed by atoms with van der Waals surface area (Å²) in [5.74, 6) is 0.0231. The van der Waals surface area contributed by atoms with Crippen molar-refractivity contribution in [2.45, 2.75) is 26.2 Å². The Morgan fingerprint density at radius 2 is 1.55 bits per heavy atom. The first-order valence-corrected chi connectivity index (χ1v) is 5.61. The predicted molar refractivity (Wildman–Crippen MR) is 70.5 cm³/mol. The Balaban J connectivity index is 0.00000172.